The van der Waals surface area contributed by atoms with Crippen LogP contribution in [-0.2, 0) is 11.3 Å². The zero-order valence-corrected chi connectivity index (χ0v) is 26.5. The Morgan fingerprint density at radius 2 is 1.54 bits per heavy atom. The Morgan fingerprint density at radius 3 is 2.07 bits per heavy atom. The molecule has 1 heterocycles. The molecular formula is C33H49N5O3. The maximum atomic E-state index is 13.8. The van der Waals surface area contributed by atoms with E-state index in [0.29, 0.717) is 35.5 Å². The molecule has 0 saturated carbocycles. The Hall–Kier alpha value is -3.39. The van der Waals surface area contributed by atoms with Crippen molar-refractivity contribution in [2.75, 3.05) is 46.2 Å². The van der Waals surface area contributed by atoms with Gasteiger partial charge < -0.3 is 24.4 Å². The molecule has 0 saturated heterocycles. The number of hydrogen-bond donors (Lipinski definition) is 1. The first-order valence-corrected chi connectivity index (χ1v) is 14.7. The number of carbonyl (C=O) groups is 2. The molecular weight excluding hydrogens is 514 g/mol. The largest absolute Gasteiger partial charge is 0.465 e. The summed E-state index contributed by atoms with van der Waals surface area (Å²) in [5, 5.41) is 3.45. The molecule has 8 heteroatoms. The molecule has 2 aromatic carbocycles. The van der Waals surface area contributed by atoms with Gasteiger partial charge >= 0.3 is 5.97 Å². The zero-order valence-electron chi connectivity index (χ0n) is 26.5. The lowest BCUT2D eigenvalue weighted by Crippen LogP contribution is -2.34. The highest BCUT2D eigenvalue weighted by Gasteiger charge is 2.25. The second kappa shape index (κ2) is 14.0. The zero-order chi connectivity index (χ0) is 30.3. The fourth-order valence-corrected chi connectivity index (χ4v) is 5.11. The molecule has 1 N–H and O–H groups in total. The highest BCUT2D eigenvalue weighted by atomic mass is 16.5. The number of imidazole rings is 1. The van der Waals surface area contributed by atoms with E-state index in [1.54, 1.807) is 12.1 Å². The fraction of sp³-hybridized carbons (Fsp3) is 0.545. The van der Waals surface area contributed by atoms with Crippen molar-refractivity contribution in [3.05, 3.63) is 53.6 Å². The van der Waals surface area contributed by atoms with Gasteiger partial charge in [-0.15, -0.1) is 0 Å². The van der Waals surface area contributed by atoms with E-state index in [1.807, 2.05) is 35.2 Å². The summed E-state index contributed by atoms with van der Waals surface area (Å²) in [5.74, 6) is 1.45. The lowest BCUT2D eigenvalue weighted by molar-refractivity contribution is 0.0600. The van der Waals surface area contributed by atoms with Crippen LogP contribution in [0.3, 0.4) is 0 Å². The fourth-order valence-electron chi connectivity index (χ4n) is 5.11. The lowest BCUT2D eigenvalue weighted by atomic mass is 9.92. The van der Waals surface area contributed by atoms with E-state index in [-0.39, 0.29) is 17.3 Å². The maximum absolute atomic E-state index is 13.8. The average molecular weight is 564 g/mol. The van der Waals surface area contributed by atoms with Gasteiger partial charge in [0.2, 0.25) is 5.95 Å². The van der Waals surface area contributed by atoms with Crippen LogP contribution < -0.4 is 5.32 Å². The normalized spacial score (nSPS) is 12.0. The Labute approximate surface area is 246 Å². The number of methoxy groups -OCH3 is 1. The van der Waals surface area contributed by atoms with Crippen molar-refractivity contribution < 1.29 is 14.3 Å². The predicted molar refractivity (Wildman–Crippen MR) is 168 cm³/mol. The van der Waals surface area contributed by atoms with Crippen LogP contribution in [0, 0.1) is 17.3 Å². The Kier molecular flexibility index (Phi) is 11.0. The summed E-state index contributed by atoms with van der Waals surface area (Å²) in [7, 11) is 5.53. The molecule has 3 rings (SSSR count). The smallest absolute Gasteiger partial charge is 0.337 e. The quantitative estimate of drug-likeness (QED) is 0.220. The Bertz CT molecular complexity index is 1300. The van der Waals surface area contributed by atoms with Crippen LogP contribution in [0.15, 0.2) is 42.5 Å². The summed E-state index contributed by atoms with van der Waals surface area (Å²) < 4.78 is 7.01. The molecule has 1 amide bonds. The Balaban J connectivity index is 2.02. The van der Waals surface area contributed by atoms with Crippen molar-refractivity contribution in [1.29, 1.82) is 0 Å². The second-order valence-corrected chi connectivity index (χ2v) is 13.0. The number of aromatic nitrogens is 2. The van der Waals surface area contributed by atoms with Gasteiger partial charge in [-0.05, 0) is 86.7 Å². The van der Waals surface area contributed by atoms with Gasteiger partial charge in [0.25, 0.3) is 5.91 Å². The summed E-state index contributed by atoms with van der Waals surface area (Å²) >= 11 is 0. The number of hydrogen-bond acceptors (Lipinski definition) is 6. The van der Waals surface area contributed by atoms with E-state index >= 15 is 0 Å². The molecule has 0 aliphatic rings. The van der Waals surface area contributed by atoms with Crippen molar-refractivity contribution in [2.24, 2.45) is 17.3 Å². The van der Waals surface area contributed by atoms with Gasteiger partial charge in [-0.2, -0.15) is 0 Å². The number of carbonyl (C=O) groups excluding carboxylic acids is 2. The summed E-state index contributed by atoms with van der Waals surface area (Å²) in [4.78, 5) is 34.8. The van der Waals surface area contributed by atoms with Crippen molar-refractivity contribution in [3.63, 3.8) is 0 Å². The number of fused-ring (bicyclic) bond motifs is 1. The maximum Gasteiger partial charge on any atom is 0.337 e. The average Bonchev–Trinajstić information content (AvgIpc) is 3.22. The van der Waals surface area contributed by atoms with Gasteiger partial charge in [0.05, 0.1) is 23.7 Å². The number of esters is 1. The molecule has 1 aromatic heterocycles. The van der Waals surface area contributed by atoms with Crippen LogP contribution in [0.4, 0.5) is 11.6 Å². The van der Waals surface area contributed by atoms with Crippen LogP contribution >= 0.6 is 0 Å². The van der Waals surface area contributed by atoms with E-state index < -0.39 is 0 Å². The first kappa shape index (κ1) is 32.1. The van der Waals surface area contributed by atoms with Crippen molar-refractivity contribution in [3.8, 4) is 0 Å². The molecule has 8 nitrogen and oxygen atoms in total. The van der Waals surface area contributed by atoms with Crippen molar-refractivity contribution in [1.82, 2.24) is 19.4 Å². The summed E-state index contributed by atoms with van der Waals surface area (Å²) in [6.07, 6.45) is 1.96. The van der Waals surface area contributed by atoms with Gasteiger partial charge in [0.15, 0.2) is 0 Å². The van der Waals surface area contributed by atoms with Crippen LogP contribution in [-0.4, -0.2) is 72.1 Å². The molecule has 0 aliphatic carbocycles. The Morgan fingerprint density at radius 1 is 0.951 bits per heavy atom. The van der Waals surface area contributed by atoms with Gasteiger partial charge in [-0.1, -0.05) is 41.5 Å². The number of amides is 1. The molecule has 0 spiro atoms. The molecule has 41 heavy (non-hydrogen) atoms. The summed E-state index contributed by atoms with van der Waals surface area (Å²) in [6.45, 7) is 16.4. The first-order chi connectivity index (χ1) is 19.3. The summed E-state index contributed by atoms with van der Waals surface area (Å²) in [5.41, 5.74) is 3.66. The third-order valence-corrected chi connectivity index (χ3v) is 7.13. The van der Waals surface area contributed by atoms with Crippen molar-refractivity contribution in [2.45, 2.75) is 60.9 Å². The van der Waals surface area contributed by atoms with E-state index in [4.69, 9.17) is 9.72 Å². The van der Waals surface area contributed by atoms with E-state index in [1.165, 1.54) is 7.11 Å². The molecule has 0 unspecified atom stereocenters. The minimum Gasteiger partial charge on any atom is -0.465 e. The van der Waals surface area contributed by atoms with Gasteiger partial charge in [-0.3, -0.25) is 4.79 Å². The molecule has 0 aliphatic heterocycles. The molecule has 3 aromatic rings. The highest BCUT2D eigenvalue weighted by molar-refractivity contribution is 5.98. The van der Waals surface area contributed by atoms with Crippen LogP contribution in [0.2, 0.25) is 0 Å². The third-order valence-electron chi connectivity index (χ3n) is 7.13. The van der Waals surface area contributed by atoms with Gasteiger partial charge in [0.1, 0.15) is 0 Å². The molecule has 0 fully saturated rings. The predicted octanol–water partition coefficient (Wildman–Crippen LogP) is 6.69. The minimum atomic E-state index is -0.373. The van der Waals surface area contributed by atoms with Gasteiger partial charge in [0, 0.05) is 37.4 Å². The monoisotopic (exact) mass is 563 g/mol. The number of anilines is 2. The van der Waals surface area contributed by atoms with Crippen LogP contribution in [0.25, 0.3) is 11.0 Å². The number of nitrogens with one attached hydrogen (secondary N) is 1. The number of ether oxygens (including phenoxy) is 1. The molecule has 224 valence electrons. The standard InChI is InChI=1S/C33H49N5O3/c1-23(2)16-18-37(19-17-24(3)4)30(39)26-12-15-28-29(20-26)38(22-33(5,6)21-36(7)8)32(35-28)34-27-13-10-25(11-14-27)31(40)41-9/h10-15,20,23-24H,16-19,21-22H2,1-9H3,(H,34,35). The molecule has 0 atom stereocenters. The van der Waals surface area contributed by atoms with E-state index in [2.05, 4.69) is 70.4 Å². The number of nitrogens with zero attached hydrogens (tertiary/aromatic N) is 4. The highest BCUT2D eigenvalue weighted by Crippen LogP contribution is 2.29. The topological polar surface area (TPSA) is 79.7 Å². The van der Waals surface area contributed by atoms with Crippen LogP contribution in [0.5, 0.6) is 0 Å². The van der Waals surface area contributed by atoms with E-state index in [0.717, 1.165) is 49.2 Å². The summed E-state index contributed by atoms with van der Waals surface area (Å²) in [6, 6.07) is 13.0. The molecule has 0 bridgehead atoms. The third kappa shape index (κ3) is 9.05. The molecule has 0 radical (unpaired) electrons. The van der Waals surface area contributed by atoms with Crippen LogP contribution in [0.1, 0.15) is 75.1 Å². The minimum absolute atomic E-state index is 0.0666. The van der Waals surface area contributed by atoms with E-state index in [9.17, 15) is 9.59 Å². The van der Waals surface area contributed by atoms with Crippen molar-refractivity contribution >= 4 is 34.5 Å². The number of rotatable bonds is 14. The number of benzene rings is 2. The van der Waals surface area contributed by atoms with Gasteiger partial charge in [-0.25, -0.2) is 9.78 Å². The SMILES string of the molecule is COC(=O)c1ccc(Nc2nc3ccc(C(=O)N(CCC(C)C)CCC(C)C)cc3n2CC(C)(C)CN(C)C)cc1. The lowest BCUT2D eigenvalue weighted by Gasteiger charge is -2.29. The second-order valence-electron chi connectivity index (χ2n) is 13.0. The first-order valence-electron chi connectivity index (χ1n) is 14.7.